The Balaban J connectivity index is 1.33. The number of anilines is 1. The van der Waals surface area contributed by atoms with Gasteiger partial charge in [-0.3, -0.25) is 9.88 Å². The first-order chi connectivity index (χ1) is 14.6. The highest BCUT2D eigenvalue weighted by molar-refractivity contribution is 5.90. The van der Waals surface area contributed by atoms with Crippen LogP contribution in [0.1, 0.15) is 18.5 Å². The van der Waals surface area contributed by atoms with Gasteiger partial charge in [-0.2, -0.15) is 5.26 Å². The van der Waals surface area contributed by atoms with Crippen molar-refractivity contribution in [2.24, 2.45) is 0 Å². The highest BCUT2D eigenvalue weighted by Crippen LogP contribution is 2.46. The van der Waals surface area contributed by atoms with E-state index in [2.05, 4.69) is 21.4 Å². The number of benzene rings is 1. The molecule has 0 bridgehead atoms. The van der Waals surface area contributed by atoms with Crippen LogP contribution in [-0.2, 0) is 16.7 Å². The number of halogens is 1. The fourth-order valence-corrected chi connectivity index (χ4v) is 3.66. The van der Waals surface area contributed by atoms with Crippen molar-refractivity contribution < 1.29 is 13.9 Å². The Kier molecular flexibility index (Phi) is 4.20. The minimum Gasteiger partial charge on any atom is -0.442 e. The summed E-state index contributed by atoms with van der Waals surface area (Å²) in [6.45, 7) is 0.676. The predicted molar refractivity (Wildman–Crippen MR) is 104 cm³/mol. The average molecular weight is 404 g/mol. The maximum absolute atomic E-state index is 14.9. The predicted octanol–water partition coefficient (Wildman–Crippen LogP) is 3.06. The largest absolute Gasteiger partial charge is 0.442 e. The number of amides is 1. The van der Waals surface area contributed by atoms with Crippen LogP contribution in [0.15, 0.2) is 48.9 Å². The second kappa shape index (κ2) is 6.91. The molecule has 2 fully saturated rings. The lowest BCUT2D eigenvalue weighted by atomic mass is 10.0. The van der Waals surface area contributed by atoms with Gasteiger partial charge in [0.15, 0.2) is 0 Å². The van der Waals surface area contributed by atoms with Gasteiger partial charge in [0.2, 0.25) is 0 Å². The molecule has 150 valence electrons. The van der Waals surface area contributed by atoms with Crippen LogP contribution in [0.25, 0.3) is 11.1 Å². The summed E-state index contributed by atoms with van der Waals surface area (Å²) in [6, 6.07) is 10.5. The Morgan fingerprint density at radius 3 is 2.80 bits per heavy atom. The van der Waals surface area contributed by atoms with Crippen molar-refractivity contribution in [2.45, 2.75) is 30.9 Å². The van der Waals surface area contributed by atoms with Gasteiger partial charge in [-0.25, -0.2) is 13.9 Å². The van der Waals surface area contributed by atoms with Gasteiger partial charge in [0.05, 0.1) is 42.2 Å². The number of nitrogens with zero attached hydrogens (tertiary/aromatic N) is 6. The van der Waals surface area contributed by atoms with E-state index in [4.69, 9.17) is 4.74 Å². The van der Waals surface area contributed by atoms with Crippen LogP contribution in [-0.4, -0.2) is 38.7 Å². The number of pyridine rings is 1. The van der Waals surface area contributed by atoms with E-state index in [9.17, 15) is 14.4 Å². The van der Waals surface area contributed by atoms with Crippen LogP contribution in [0, 0.1) is 17.1 Å². The fraction of sp³-hybridized carbons (Fsp3) is 0.286. The Morgan fingerprint density at radius 1 is 1.30 bits per heavy atom. The number of carbonyl (C=O) groups excluding carboxylic acids is 1. The zero-order chi connectivity index (χ0) is 20.7. The summed E-state index contributed by atoms with van der Waals surface area (Å²) in [5.74, 6) is -0.462. The number of ether oxygens (including phenoxy) is 1. The molecule has 5 rings (SSSR count). The van der Waals surface area contributed by atoms with Gasteiger partial charge in [-0.05, 0) is 37.1 Å². The Bertz CT molecular complexity index is 1140. The van der Waals surface area contributed by atoms with Gasteiger partial charge in [-0.15, -0.1) is 5.10 Å². The Labute approximate surface area is 171 Å². The van der Waals surface area contributed by atoms with Gasteiger partial charge in [0.25, 0.3) is 0 Å². The van der Waals surface area contributed by atoms with Gasteiger partial charge in [0.1, 0.15) is 11.9 Å². The van der Waals surface area contributed by atoms with Crippen molar-refractivity contribution in [3.8, 4) is 17.2 Å². The highest BCUT2D eigenvalue weighted by atomic mass is 19.1. The summed E-state index contributed by atoms with van der Waals surface area (Å²) < 4.78 is 21.8. The topological polar surface area (TPSA) is 96.9 Å². The molecule has 2 aromatic heterocycles. The third-order valence-corrected chi connectivity index (χ3v) is 5.53. The van der Waals surface area contributed by atoms with Crippen molar-refractivity contribution in [2.75, 3.05) is 11.4 Å². The second-order valence-corrected chi connectivity index (χ2v) is 7.53. The first-order valence-corrected chi connectivity index (χ1v) is 9.58. The maximum Gasteiger partial charge on any atom is 0.414 e. The molecule has 0 N–H and O–H groups in total. The van der Waals surface area contributed by atoms with E-state index in [0.717, 1.165) is 18.5 Å². The van der Waals surface area contributed by atoms with Crippen LogP contribution in [0.4, 0.5) is 14.9 Å². The first-order valence-electron chi connectivity index (χ1n) is 9.58. The molecular weight excluding hydrogens is 387 g/mol. The molecule has 1 aliphatic carbocycles. The third kappa shape index (κ3) is 3.16. The number of nitriles is 1. The molecule has 8 nitrogen and oxygen atoms in total. The van der Waals surface area contributed by atoms with Crippen LogP contribution in [0.5, 0.6) is 0 Å². The van der Waals surface area contributed by atoms with Crippen molar-refractivity contribution in [3.63, 3.8) is 0 Å². The Hall–Kier alpha value is -3.80. The molecule has 0 radical (unpaired) electrons. The van der Waals surface area contributed by atoms with Crippen LogP contribution in [0.2, 0.25) is 0 Å². The van der Waals surface area contributed by atoms with E-state index in [1.165, 1.54) is 11.0 Å². The summed E-state index contributed by atoms with van der Waals surface area (Å²) in [6.07, 6.45) is 5.52. The molecule has 9 heteroatoms. The van der Waals surface area contributed by atoms with E-state index in [1.54, 1.807) is 47.5 Å². The standard InChI is InChI=1S/C21H17FN6O2/c22-18-9-15(28-12-16(30-20(28)29)11-27-8-7-25-26-27)2-3-17(18)14-1-4-19(24-10-14)21(13-23)5-6-21/h1-4,7-10,16H,5-6,11-12H2. The van der Waals surface area contributed by atoms with Crippen molar-refractivity contribution in [3.05, 3.63) is 60.4 Å². The summed E-state index contributed by atoms with van der Waals surface area (Å²) >= 11 is 0. The van der Waals surface area contributed by atoms with E-state index in [0.29, 0.717) is 29.9 Å². The van der Waals surface area contributed by atoms with Gasteiger partial charge in [-0.1, -0.05) is 11.3 Å². The minimum atomic E-state index is -0.524. The average Bonchev–Trinajstić information content (AvgIpc) is 3.23. The molecule has 1 aromatic carbocycles. The number of aromatic nitrogens is 4. The van der Waals surface area contributed by atoms with Crippen molar-refractivity contribution in [1.82, 2.24) is 20.0 Å². The van der Waals surface area contributed by atoms with Gasteiger partial charge < -0.3 is 4.74 Å². The monoisotopic (exact) mass is 404 g/mol. The Morgan fingerprint density at radius 2 is 2.17 bits per heavy atom. The van der Waals surface area contributed by atoms with Gasteiger partial charge >= 0.3 is 6.09 Å². The minimum absolute atomic E-state index is 0.296. The lowest BCUT2D eigenvalue weighted by molar-refractivity contribution is 0.129. The fourth-order valence-electron chi connectivity index (χ4n) is 3.66. The molecule has 1 aliphatic heterocycles. The normalized spacial score (nSPS) is 19.4. The highest BCUT2D eigenvalue weighted by Gasteiger charge is 2.46. The smallest absolute Gasteiger partial charge is 0.414 e. The van der Waals surface area contributed by atoms with E-state index in [1.807, 2.05) is 0 Å². The molecule has 3 aromatic rings. The molecule has 1 saturated heterocycles. The van der Waals surface area contributed by atoms with Crippen molar-refractivity contribution >= 4 is 11.8 Å². The molecule has 3 heterocycles. The maximum atomic E-state index is 14.9. The first kappa shape index (κ1) is 18.2. The molecule has 1 saturated carbocycles. The number of rotatable bonds is 5. The van der Waals surface area contributed by atoms with E-state index < -0.39 is 23.4 Å². The molecule has 2 aliphatic rings. The number of hydrogen-bond donors (Lipinski definition) is 0. The lowest BCUT2D eigenvalue weighted by Gasteiger charge is -2.14. The lowest BCUT2D eigenvalue weighted by Crippen LogP contribution is -2.26. The quantitative estimate of drug-likeness (QED) is 0.648. The zero-order valence-electron chi connectivity index (χ0n) is 15.9. The molecular formula is C21H17FN6O2. The van der Waals surface area contributed by atoms with Gasteiger partial charge in [0, 0.05) is 23.5 Å². The molecule has 0 spiro atoms. The third-order valence-electron chi connectivity index (χ3n) is 5.53. The number of cyclic esters (lactones) is 1. The summed E-state index contributed by atoms with van der Waals surface area (Å²) in [5, 5.41) is 16.9. The summed E-state index contributed by atoms with van der Waals surface area (Å²) in [4.78, 5) is 18.0. The number of hydrogen-bond acceptors (Lipinski definition) is 6. The zero-order valence-corrected chi connectivity index (χ0v) is 15.9. The molecule has 30 heavy (non-hydrogen) atoms. The number of carbonyl (C=O) groups is 1. The van der Waals surface area contributed by atoms with Crippen LogP contribution >= 0.6 is 0 Å². The molecule has 1 unspecified atom stereocenters. The van der Waals surface area contributed by atoms with Crippen molar-refractivity contribution in [1.29, 1.82) is 5.26 Å². The van der Waals surface area contributed by atoms with E-state index in [-0.39, 0.29) is 0 Å². The summed E-state index contributed by atoms with van der Waals surface area (Å²) in [5.41, 5.74) is 1.67. The SMILES string of the molecule is N#CC1(c2ccc(-c3ccc(N4CC(Cn5ccnn5)OC4=O)cc3F)cn2)CC1. The van der Waals surface area contributed by atoms with Crippen LogP contribution < -0.4 is 4.90 Å². The van der Waals surface area contributed by atoms with Crippen LogP contribution in [0.3, 0.4) is 0 Å². The molecule has 1 atom stereocenters. The second-order valence-electron chi connectivity index (χ2n) is 7.53. The van der Waals surface area contributed by atoms with E-state index >= 15 is 0 Å². The molecule has 1 amide bonds. The summed E-state index contributed by atoms with van der Waals surface area (Å²) in [7, 11) is 0.